The Labute approximate surface area is 188 Å². The molecule has 1 saturated heterocycles. The Balaban J connectivity index is 1.56. The van der Waals surface area contributed by atoms with Crippen LogP contribution in [0, 0.1) is 11.7 Å². The lowest BCUT2D eigenvalue weighted by Crippen LogP contribution is -2.41. The highest BCUT2D eigenvalue weighted by Gasteiger charge is 2.24. The highest BCUT2D eigenvalue weighted by atomic mass is 32.1. The summed E-state index contributed by atoms with van der Waals surface area (Å²) in [7, 11) is 0. The van der Waals surface area contributed by atoms with E-state index >= 15 is 0 Å². The molecule has 1 aromatic carbocycles. The Kier molecular flexibility index (Phi) is 6.30. The molecule has 3 heterocycles. The average molecular weight is 458 g/mol. The summed E-state index contributed by atoms with van der Waals surface area (Å²) >= 11 is 6.89. The van der Waals surface area contributed by atoms with Crippen molar-refractivity contribution in [1.82, 2.24) is 19.7 Å². The van der Waals surface area contributed by atoms with Gasteiger partial charge in [-0.2, -0.15) is 5.10 Å². The van der Waals surface area contributed by atoms with Gasteiger partial charge >= 0.3 is 0 Å². The van der Waals surface area contributed by atoms with Crippen LogP contribution in [0.5, 0.6) is 0 Å². The maximum Gasteiger partial charge on any atom is 0.254 e. The zero-order chi connectivity index (χ0) is 22.0. The van der Waals surface area contributed by atoms with Crippen LogP contribution in [0.4, 0.5) is 5.69 Å². The smallest absolute Gasteiger partial charge is 0.254 e. The van der Waals surface area contributed by atoms with Gasteiger partial charge in [-0.05, 0) is 55.2 Å². The SMILES string of the molecule is Cc1c(NC(=O)C(C)n2c(-c3cccs3)n[nH]c2=S)cccc1C(=O)N1CCOCC1. The fourth-order valence-electron chi connectivity index (χ4n) is 3.54. The Morgan fingerprint density at radius 2 is 2.03 bits per heavy atom. The first-order valence-corrected chi connectivity index (χ1v) is 11.2. The molecule has 2 N–H and O–H groups in total. The molecule has 1 unspecified atom stereocenters. The predicted molar refractivity (Wildman–Crippen MR) is 122 cm³/mol. The van der Waals surface area contributed by atoms with Gasteiger partial charge in [-0.25, -0.2) is 0 Å². The Morgan fingerprint density at radius 3 is 2.74 bits per heavy atom. The minimum absolute atomic E-state index is 0.0537. The van der Waals surface area contributed by atoms with Crippen LogP contribution in [-0.2, 0) is 9.53 Å². The number of ether oxygens (including phenoxy) is 1. The zero-order valence-electron chi connectivity index (χ0n) is 17.3. The molecular weight excluding hydrogens is 434 g/mol. The van der Waals surface area contributed by atoms with Gasteiger partial charge in [-0.3, -0.25) is 19.3 Å². The van der Waals surface area contributed by atoms with Crippen molar-refractivity contribution >= 4 is 41.1 Å². The third-order valence-corrected chi connectivity index (χ3v) is 6.49. The molecule has 3 aromatic rings. The van der Waals surface area contributed by atoms with E-state index in [0.717, 1.165) is 10.4 Å². The van der Waals surface area contributed by atoms with E-state index < -0.39 is 6.04 Å². The van der Waals surface area contributed by atoms with Crippen LogP contribution in [0.1, 0.15) is 28.9 Å². The third kappa shape index (κ3) is 4.32. The molecule has 1 aliphatic heterocycles. The molecule has 2 amide bonds. The summed E-state index contributed by atoms with van der Waals surface area (Å²) in [5, 5.41) is 12.0. The molecule has 31 heavy (non-hydrogen) atoms. The van der Waals surface area contributed by atoms with E-state index in [4.69, 9.17) is 17.0 Å². The molecule has 0 bridgehead atoms. The van der Waals surface area contributed by atoms with E-state index in [1.54, 1.807) is 34.6 Å². The molecule has 0 saturated carbocycles. The van der Waals surface area contributed by atoms with E-state index in [0.29, 0.717) is 48.1 Å². The molecule has 0 radical (unpaired) electrons. The van der Waals surface area contributed by atoms with Crippen LogP contribution < -0.4 is 5.32 Å². The number of carbonyl (C=O) groups excluding carboxylic acids is 2. The van der Waals surface area contributed by atoms with Crippen molar-refractivity contribution in [1.29, 1.82) is 0 Å². The summed E-state index contributed by atoms with van der Waals surface area (Å²) < 4.78 is 7.41. The van der Waals surface area contributed by atoms with Crippen LogP contribution in [-0.4, -0.2) is 57.8 Å². The van der Waals surface area contributed by atoms with Crippen LogP contribution in [0.25, 0.3) is 10.7 Å². The van der Waals surface area contributed by atoms with E-state index in [-0.39, 0.29) is 11.8 Å². The summed E-state index contributed by atoms with van der Waals surface area (Å²) in [5.41, 5.74) is 1.91. The minimum Gasteiger partial charge on any atom is -0.378 e. The second kappa shape index (κ2) is 9.13. The molecule has 162 valence electrons. The zero-order valence-corrected chi connectivity index (χ0v) is 18.9. The van der Waals surface area contributed by atoms with E-state index in [2.05, 4.69) is 15.5 Å². The molecule has 1 atom stereocenters. The number of hydrogen-bond donors (Lipinski definition) is 2. The molecule has 4 rings (SSSR count). The topological polar surface area (TPSA) is 92.2 Å². The number of nitrogens with one attached hydrogen (secondary N) is 2. The quantitative estimate of drug-likeness (QED) is 0.571. The van der Waals surface area contributed by atoms with Crippen molar-refractivity contribution in [3.05, 3.63) is 51.6 Å². The number of benzene rings is 1. The lowest BCUT2D eigenvalue weighted by Gasteiger charge is -2.27. The van der Waals surface area contributed by atoms with E-state index in [1.165, 1.54) is 11.3 Å². The highest BCUT2D eigenvalue weighted by molar-refractivity contribution is 7.71. The number of morpholine rings is 1. The van der Waals surface area contributed by atoms with Crippen molar-refractivity contribution in [2.75, 3.05) is 31.6 Å². The molecule has 8 nitrogen and oxygen atoms in total. The highest BCUT2D eigenvalue weighted by Crippen LogP contribution is 2.27. The number of thiophene rings is 1. The van der Waals surface area contributed by atoms with E-state index in [1.807, 2.05) is 24.4 Å². The number of anilines is 1. The number of amides is 2. The number of rotatable bonds is 5. The number of carbonyl (C=O) groups is 2. The van der Waals surface area contributed by atoms with E-state index in [9.17, 15) is 9.59 Å². The van der Waals surface area contributed by atoms with Crippen molar-refractivity contribution < 1.29 is 14.3 Å². The fraction of sp³-hybridized carbons (Fsp3) is 0.333. The average Bonchev–Trinajstić information content (AvgIpc) is 3.44. The van der Waals surface area contributed by atoms with Gasteiger partial charge in [0, 0.05) is 24.3 Å². The first-order chi connectivity index (χ1) is 15.0. The first-order valence-electron chi connectivity index (χ1n) is 9.95. The number of H-pyrrole nitrogens is 1. The second-order valence-corrected chi connectivity index (χ2v) is 8.58. The van der Waals surface area contributed by atoms with Gasteiger partial charge in [0.25, 0.3) is 5.91 Å². The van der Waals surface area contributed by atoms with Gasteiger partial charge in [-0.15, -0.1) is 11.3 Å². The van der Waals surface area contributed by atoms with Gasteiger partial charge in [0.2, 0.25) is 5.91 Å². The second-order valence-electron chi connectivity index (χ2n) is 7.25. The summed E-state index contributed by atoms with van der Waals surface area (Å²) in [6.07, 6.45) is 0. The molecule has 1 aliphatic rings. The number of nitrogens with zero attached hydrogens (tertiary/aromatic N) is 3. The summed E-state index contributed by atoms with van der Waals surface area (Å²) in [6.45, 7) is 5.82. The molecule has 10 heteroatoms. The predicted octanol–water partition coefficient (Wildman–Crippen LogP) is 3.65. The van der Waals surface area contributed by atoms with Gasteiger partial charge in [0.15, 0.2) is 10.6 Å². The fourth-order valence-corrected chi connectivity index (χ4v) is 4.54. The van der Waals surface area contributed by atoms with Crippen molar-refractivity contribution in [2.45, 2.75) is 19.9 Å². The number of hydrogen-bond acceptors (Lipinski definition) is 6. The van der Waals surface area contributed by atoms with Crippen molar-refractivity contribution in [3.8, 4) is 10.7 Å². The van der Waals surface area contributed by atoms with Crippen LogP contribution in [0.2, 0.25) is 0 Å². The summed E-state index contributed by atoms with van der Waals surface area (Å²) in [4.78, 5) is 28.7. The standard InChI is InChI=1S/C21H23N5O3S2/c1-13-15(20(28)25-8-10-29-11-9-25)5-3-6-16(13)22-19(27)14(2)26-18(23-24-21(26)30)17-7-4-12-31-17/h3-7,12,14H,8-11H2,1-2H3,(H,22,27)(H,24,30). The maximum absolute atomic E-state index is 13.1. The molecule has 0 spiro atoms. The molecule has 2 aromatic heterocycles. The third-order valence-electron chi connectivity index (χ3n) is 5.33. The van der Waals surface area contributed by atoms with Gasteiger partial charge < -0.3 is 15.0 Å². The summed E-state index contributed by atoms with van der Waals surface area (Å²) in [6, 6.07) is 8.62. The Hall–Kier alpha value is -2.82. The monoisotopic (exact) mass is 457 g/mol. The lowest BCUT2D eigenvalue weighted by atomic mass is 10.0. The van der Waals surface area contributed by atoms with Gasteiger partial charge in [0.05, 0.1) is 18.1 Å². The van der Waals surface area contributed by atoms with Crippen molar-refractivity contribution in [3.63, 3.8) is 0 Å². The van der Waals surface area contributed by atoms with Crippen LogP contribution >= 0.6 is 23.6 Å². The van der Waals surface area contributed by atoms with Gasteiger partial charge in [-0.1, -0.05) is 12.1 Å². The first kappa shape index (κ1) is 21.4. The molecule has 1 fully saturated rings. The Morgan fingerprint density at radius 1 is 1.26 bits per heavy atom. The number of aromatic amines is 1. The summed E-state index contributed by atoms with van der Waals surface area (Å²) in [5.74, 6) is 0.326. The maximum atomic E-state index is 13.1. The normalized spacial score (nSPS) is 15.0. The van der Waals surface area contributed by atoms with Crippen LogP contribution in [0.3, 0.4) is 0 Å². The van der Waals surface area contributed by atoms with Gasteiger partial charge in [0.1, 0.15) is 6.04 Å². The minimum atomic E-state index is -0.596. The number of aromatic nitrogens is 3. The molecule has 0 aliphatic carbocycles. The largest absolute Gasteiger partial charge is 0.378 e. The molecular formula is C21H23N5O3S2. The lowest BCUT2D eigenvalue weighted by molar-refractivity contribution is -0.118. The van der Waals surface area contributed by atoms with Crippen molar-refractivity contribution in [2.24, 2.45) is 0 Å². The Bertz CT molecular complexity index is 1150. The van der Waals surface area contributed by atoms with Crippen LogP contribution in [0.15, 0.2) is 35.7 Å².